The van der Waals surface area contributed by atoms with Crippen LogP contribution in [0.5, 0.6) is 0 Å². The smallest absolute Gasteiger partial charge is 0.270 e. The number of hydrogen-bond donors (Lipinski definition) is 3. The Labute approximate surface area is 164 Å². The Morgan fingerprint density at radius 2 is 2.14 bits per heavy atom. The normalized spacial score (nSPS) is 26.3. The molecule has 3 heterocycles. The molecule has 4 atom stereocenters. The van der Waals surface area contributed by atoms with Gasteiger partial charge in [0, 0.05) is 24.0 Å². The fourth-order valence-corrected chi connectivity index (χ4v) is 4.35. The molecule has 7 heteroatoms. The van der Waals surface area contributed by atoms with Crippen molar-refractivity contribution in [3.8, 4) is 6.07 Å². The third kappa shape index (κ3) is 3.61. The van der Waals surface area contributed by atoms with Gasteiger partial charge in [0.25, 0.3) is 5.91 Å². The molecule has 2 aromatic heterocycles. The number of hydrogen-bond acceptors (Lipinski definition) is 6. The number of nitrogens with one attached hydrogen (secondary N) is 3. The lowest BCUT2D eigenvalue weighted by atomic mass is 9.78. The molecule has 0 aromatic carbocycles. The highest BCUT2D eigenvalue weighted by atomic mass is 16.1. The summed E-state index contributed by atoms with van der Waals surface area (Å²) in [6.07, 6.45) is 4.24. The lowest BCUT2D eigenvalue weighted by Crippen LogP contribution is -2.44. The molecule has 7 nitrogen and oxygen atoms in total. The number of carbonyl (C=O) groups is 1. The van der Waals surface area contributed by atoms with E-state index in [2.05, 4.69) is 38.3 Å². The van der Waals surface area contributed by atoms with Crippen LogP contribution in [0, 0.1) is 31.1 Å². The highest BCUT2D eigenvalue weighted by Gasteiger charge is 2.42. The maximum atomic E-state index is 12.7. The summed E-state index contributed by atoms with van der Waals surface area (Å²) in [5.74, 6) is 0.193. The van der Waals surface area contributed by atoms with Gasteiger partial charge in [0.2, 0.25) is 0 Å². The summed E-state index contributed by atoms with van der Waals surface area (Å²) in [4.78, 5) is 21.6. The van der Waals surface area contributed by atoms with Gasteiger partial charge in [0.05, 0.1) is 17.3 Å². The van der Waals surface area contributed by atoms with Crippen LogP contribution in [0.25, 0.3) is 0 Å². The molecule has 1 saturated carbocycles. The maximum Gasteiger partial charge on any atom is 0.270 e. The third-order valence-corrected chi connectivity index (χ3v) is 5.74. The van der Waals surface area contributed by atoms with E-state index >= 15 is 0 Å². The molecule has 1 aliphatic carbocycles. The van der Waals surface area contributed by atoms with Crippen LogP contribution in [0.4, 0.5) is 0 Å². The number of rotatable bonds is 3. The topological polar surface area (TPSA) is 103 Å². The van der Waals surface area contributed by atoms with Gasteiger partial charge in [-0.1, -0.05) is 6.07 Å². The molecule has 2 aromatic rings. The van der Waals surface area contributed by atoms with Gasteiger partial charge in [-0.05, 0) is 62.8 Å². The first kappa shape index (κ1) is 18.5. The van der Waals surface area contributed by atoms with E-state index in [0.29, 0.717) is 23.2 Å². The van der Waals surface area contributed by atoms with E-state index in [4.69, 9.17) is 5.26 Å². The van der Waals surface area contributed by atoms with Crippen molar-refractivity contribution in [3.63, 3.8) is 0 Å². The van der Waals surface area contributed by atoms with Crippen LogP contribution in [0.3, 0.4) is 0 Å². The fraction of sp³-hybridized carbons (Fsp3) is 0.429. The second kappa shape index (κ2) is 7.66. The van der Waals surface area contributed by atoms with Gasteiger partial charge < -0.3 is 5.32 Å². The van der Waals surface area contributed by atoms with Crippen molar-refractivity contribution >= 4 is 5.91 Å². The zero-order valence-electron chi connectivity index (χ0n) is 16.1. The largest absolute Gasteiger partial charge is 0.348 e. The Balaban J connectivity index is 1.46. The van der Waals surface area contributed by atoms with E-state index in [-0.39, 0.29) is 18.0 Å². The van der Waals surface area contributed by atoms with Gasteiger partial charge in [0.15, 0.2) is 0 Å². The van der Waals surface area contributed by atoms with Crippen molar-refractivity contribution in [2.45, 2.75) is 51.2 Å². The number of fused-ring (bicyclic) bond motifs is 1. The predicted molar refractivity (Wildman–Crippen MR) is 104 cm³/mol. The first-order valence-corrected chi connectivity index (χ1v) is 9.67. The minimum Gasteiger partial charge on any atom is -0.348 e. The Bertz CT molecular complexity index is 937. The maximum absolute atomic E-state index is 12.7. The second-order valence-corrected chi connectivity index (χ2v) is 7.73. The van der Waals surface area contributed by atoms with Crippen molar-refractivity contribution in [2.24, 2.45) is 5.92 Å². The molecule has 1 amide bonds. The minimum absolute atomic E-state index is 0.0969. The van der Waals surface area contributed by atoms with Crippen LogP contribution in [0.15, 0.2) is 30.5 Å². The van der Waals surface area contributed by atoms with Gasteiger partial charge in [-0.3, -0.25) is 15.2 Å². The van der Waals surface area contributed by atoms with E-state index in [1.54, 1.807) is 6.07 Å². The summed E-state index contributed by atoms with van der Waals surface area (Å²) in [6.45, 7) is 3.81. The van der Waals surface area contributed by atoms with E-state index in [1.807, 2.05) is 26.0 Å². The molecule has 4 unspecified atom stereocenters. The molecular formula is C21H24N6O. The first-order chi connectivity index (χ1) is 13.5. The fourth-order valence-electron chi connectivity index (χ4n) is 4.35. The summed E-state index contributed by atoms with van der Waals surface area (Å²) in [5.41, 5.74) is 10.4. The van der Waals surface area contributed by atoms with Crippen molar-refractivity contribution < 1.29 is 4.79 Å². The van der Waals surface area contributed by atoms with Crippen LogP contribution >= 0.6 is 0 Å². The molecule has 2 fully saturated rings. The van der Waals surface area contributed by atoms with Crippen molar-refractivity contribution in [3.05, 3.63) is 58.7 Å². The lowest BCUT2D eigenvalue weighted by Gasteiger charge is -2.33. The Morgan fingerprint density at radius 3 is 2.89 bits per heavy atom. The number of aromatic nitrogens is 2. The van der Waals surface area contributed by atoms with E-state index in [1.165, 1.54) is 6.20 Å². The summed E-state index contributed by atoms with van der Waals surface area (Å²) in [5, 5.41) is 12.1. The predicted octanol–water partition coefficient (Wildman–Crippen LogP) is 2.08. The number of hydrazine groups is 1. The highest BCUT2D eigenvalue weighted by Crippen LogP contribution is 2.37. The monoisotopic (exact) mass is 376 g/mol. The van der Waals surface area contributed by atoms with Crippen molar-refractivity contribution in [1.82, 2.24) is 26.1 Å². The molecule has 2 aliphatic rings. The van der Waals surface area contributed by atoms with Crippen LogP contribution in [0.2, 0.25) is 0 Å². The van der Waals surface area contributed by atoms with Gasteiger partial charge in [-0.25, -0.2) is 10.4 Å². The molecule has 1 saturated heterocycles. The molecule has 0 radical (unpaired) electrons. The Morgan fingerprint density at radius 1 is 1.29 bits per heavy atom. The molecule has 144 valence electrons. The lowest BCUT2D eigenvalue weighted by molar-refractivity contribution is 0.0909. The van der Waals surface area contributed by atoms with Crippen molar-refractivity contribution in [2.75, 3.05) is 0 Å². The van der Waals surface area contributed by atoms with Gasteiger partial charge in [-0.15, -0.1) is 0 Å². The summed E-state index contributed by atoms with van der Waals surface area (Å²) in [7, 11) is 0. The number of pyridine rings is 2. The summed E-state index contributed by atoms with van der Waals surface area (Å²) in [6, 6.07) is 10.5. The van der Waals surface area contributed by atoms with Gasteiger partial charge in [-0.2, -0.15) is 5.26 Å². The Hall–Kier alpha value is -2.82. The molecule has 0 spiro atoms. The molecule has 3 N–H and O–H groups in total. The molecule has 4 rings (SSSR count). The molecular weight excluding hydrogens is 352 g/mol. The average molecular weight is 376 g/mol. The van der Waals surface area contributed by atoms with Crippen LogP contribution in [-0.4, -0.2) is 28.0 Å². The number of amides is 1. The van der Waals surface area contributed by atoms with E-state index < -0.39 is 0 Å². The molecule has 28 heavy (non-hydrogen) atoms. The summed E-state index contributed by atoms with van der Waals surface area (Å²) >= 11 is 0. The first-order valence-electron chi connectivity index (χ1n) is 9.67. The number of nitrogens with zero attached hydrogens (tertiary/aromatic N) is 3. The SMILES string of the molecule is Cc1cccc(C2NNC3CCC(NC(=O)c4ncc(C#N)cc4C)CC32)n1. The van der Waals surface area contributed by atoms with E-state index in [9.17, 15) is 4.79 Å². The van der Waals surface area contributed by atoms with E-state index in [0.717, 1.165) is 36.2 Å². The average Bonchev–Trinajstić information content (AvgIpc) is 3.11. The minimum atomic E-state index is -0.172. The number of carbonyl (C=O) groups excluding carboxylic acids is 1. The van der Waals surface area contributed by atoms with Gasteiger partial charge >= 0.3 is 0 Å². The number of nitriles is 1. The Kier molecular flexibility index (Phi) is 5.07. The molecule has 0 bridgehead atoms. The zero-order valence-corrected chi connectivity index (χ0v) is 16.1. The van der Waals surface area contributed by atoms with Crippen LogP contribution < -0.4 is 16.2 Å². The van der Waals surface area contributed by atoms with Gasteiger partial charge in [0.1, 0.15) is 11.8 Å². The second-order valence-electron chi connectivity index (χ2n) is 7.73. The van der Waals surface area contributed by atoms with Crippen LogP contribution in [-0.2, 0) is 0 Å². The highest BCUT2D eigenvalue weighted by molar-refractivity contribution is 5.93. The van der Waals surface area contributed by atoms with Crippen molar-refractivity contribution in [1.29, 1.82) is 5.26 Å². The standard InChI is InChI=1S/C21H24N6O/c1-12-8-14(10-22)11-23-19(12)21(28)25-15-6-7-17-16(9-15)20(27-26-17)18-5-3-4-13(2)24-18/h3-5,8,11,15-17,20,26-27H,6-7,9H2,1-2H3,(H,25,28). The summed E-state index contributed by atoms with van der Waals surface area (Å²) < 4.78 is 0. The zero-order chi connectivity index (χ0) is 19.7. The third-order valence-electron chi connectivity index (χ3n) is 5.74. The number of aryl methyl sites for hydroxylation is 2. The quantitative estimate of drug-likeness (QED) is 0.758. The molecule has 1 aliphatic heterocycles. The van der Waals surface area contributed by atoms with Crippen LogP contribution in [0.1, 0.15) is 58.3 Å².